The monoisotopic (exact) mass is 477 g/mol. The number of carbonyl (C=O) groups is 1. The molecule has 3 N–H and O–H groups in total. The van der Waals surface area contributed by atoms with E-state index in [1.807, 2.05) is 0 Å². The van der Waals surface area contributed by atoms with Crippen LogP contribution < -0.4 is 16.0 Å². The highest BCUT2D eigenvalue weighted by Gasteiger charge is 2.35. The summed E-state index contributed by atoms with van der Waals surface area (Å²) in [5.41, 5.74) is -0.736. The Labute approximate surface area is 182 Å². The first-order valence-electron chi connectivity index (χ1n) is 8.54. The Morgan fingerprint density at radius 3 is 2.39 bits per heavy atom. The van der Waals surface area contributed by atoms with Gasteiger partial charge < -0.3 is 16.0 Å². The Morgan fingerprint density at radius 2 is 1.82 bits per heavy atom. The van der Waals surface area contributed by atoms with E-state index in [4.69, 9.17) is 47.0 Å². The first-order chi connectivity index (χ1) is 12.9. The van der Waals surface area contributed by atoms with Crippen molar-refractivity contribution in [2.45, 2.75) is 55.2 Å². The molecule has 0 aliphatic carbocycles. The van der Waals surface area contributed by atoms with Crippen molar-refractivity contribution >= 4 is 63.7 Å². The molecule has 1 amide bonds. The van der Waals surface area contributed by atoms with Crippen molar-refractivity contribution in [3.63, 3.8) is 0 Å². The summed E-state index contributed by atoms with van der Waals surface area (Å²) in [5.74, 6) is -0.332. The minimum absolute atomic E-state index is 0.0984. The quantitative estimate of drug-likeness (QED) is 0.192. The van der Waals surface area contributed by atoms with Crippen LogP contribution in [-0.4, -0.2) is 21.0 Å². The van der Waals surface area contributed by atoms with Gasteiger partial charge in [0.1, 0.15) is 6.17 Å². The molecule has 11 heteroatoms. The number of alkyl halides is 6. The Balaban J connectivity index is 2.69. The number of hydrogen-bond acceptors (Lipinski definition) is 2. The van der Waals surface area contributed by atoms with Gasteiger partial charge in [-0.2, -0.15) is 13.2 Å². The Morgan fingerprint density at radius 1 is 1.14 bits per heavy atom. The van der Waals surface area contributed by atoms with Crippen LogP contribution >= 0.6 is 47.0 Å². The summed E-state index contributed by atoms with van der Waals surface area (Å²) in [6.07, 6.45) is -1.74. The molecule has 0 spiro atoms. The van der Waals surface area contributed by atoms with Gasteiger partial charge in [0.15, 0.2) is 5.11 Å². The molecule has 0 aromatic heterocycles. The third-order valence-corrected chi connectivity index (χ3v) is 4.49. The highest BCUT2D eigenvalue weighted by molar-refractivity contribution is 7.80. The SMILES string of the molecule is CCCCCCC(=O)NC(NC(=S)Nc1cccc(C(F)(F)F)c1)C(Cl)(Cl)Cl. The molecule has 0 saturated heterocycles. The first kappa shape index (κ1) is 25.1. The van der Waals surface area contributed by atoms with Gasteiger partial charge in [-0.3, -0.25) is 4.79 Å². The lowest BCUT2D eigenvalue weighted by Gasteiger charge is -2.28. The second kappa shape index (κ2) is 11.3. The van der Waals surface area contributed by atoms with Crippen molar-refractivity contribution in [3.05, 3.63) is 29.8 Å². The molecular weight excluding hydrogens is 458 g/mol. The molecule has 1 atom stereocenters. The summed E-state index contributed by atoms with van der Waals surface area (Å²) in [4.78, 5) is 12.0. The summed E-state index contributed by atoms with van der Waals surface area (Å²) in [5, 5.41) is 7.61. The van der Waals surface area contributed by atoms with Crippen LogP contribution in [0, 0.1) is 0 Å². The summed E-state index contributed by atoms with van der Waals surface area (Å²) >= 11 is 22.7. The zero-order valence-electron chi connectivity index (χ0n) is 15.0. The maximum Gasteiger partial charge on any atom is 0.416 e. The van der Waals surface area contributed by atoms with Crippen LogP contribution in [0.1, 0.15) is 44.6 Å². The van der Waals surface area contributed by atoms with Crippen molar-refractivity contribution in [3.8, 4) is 0 Å². The molecule has 1 rings (SSSR count). The summed E-state index contributed by atoms with van der Waals surface area (Å²) < 4.78 is 36.4. The zero-order chi connectivity index (χ0) is 21.4. The van der Waals surface area contributed by atoms with Gasteiger partial charge in [-0.05, 0) is 36.8 Å². The lowest BCUT2D eigenvalue weighted by molar-refractivity contribution is -0.137. The number of amides is 1. The molecule has 28 heavy (non-hydrogen) atoms. The predicted molar refractivity (Wildman–Crippen MR) is 112 cm³/mol. The lowest BCUT2D eigenvalue weighted by Crippen LogP contribution is -2.56. The van der Waals surface area contributed by atoms with Gasteiger partial charge in [-0.15, -0.1) is 0 Å². The highest BCUT2D eigenvalue weighted by Crippen LogP contribution is 2.31. The van der Waals surface area contributed by atoms with Gasteiger partial charge in [0.05, 0.1) is 5.56 Å². The third kappa shape index (κ3) is 9.49. The second-order valence-corrected chi connectivity index (χ2v) is 8.81. The molecule has 0 bridgehead atoms. The largest absolute Gasteiger partial charge is 0.416 e. The molecule has 0 saturated carbocycles. The summed E-state index contributed by atoms with van der Waals surface area (Å²) in [7, 11) is 0. The predicted octanol–water partition coefficient (Wildman–Crippen LogP) is 5.77. The number of unbranched alkanes of at least 4 members (excludes halogenated alkanes) is 3. The first-order valence-corrected chi connectivity index (χ1v) is 10.1. The van der Waals surface area contributed by atoms with E-state index in [1.54, 1.807) is 0 Å². The van der Waals surface area contributed by atoms with E-state index in [0.717, 1.165) is 31.4 Å². The summed E-state index contributed by atoms with van der Waals surface area (Å²) in [6, 6.07) is 4.47. The third-order valence-electron chi connectivity index (χ3n) is 3.61. The molecule has 0 aliphatic heterocycles. The van der Waals surface area contributed by atoms with Crippen molar-refractivity contribution in [1.29, 1.82) is 0 Å². The Kier molecular flexibility index (Phi) is 10.1. The Bertz CT molecular complexity index is 669. The van der Waals surface area contributed by atoms with Crippen LogP contribution in [0.5, 0.6) is 0 Å². The minimum Gasteiger partial charge on any atom is -0.339 e. The average molecular weight is 479 g/mol. The van der Waals surface area contributed by atoms with Crippen molar-refractivity contribution in [1.82, 2.24) is 10.6 Å². The van der Waals surface area contributed by atoms with Gasteiger partial charge in [-0.25, -0.2) is 0 Å². The van der Waals surface area contributed by atoms with Gasteiger partial charge in [-0.1, -0.05) is 67.1 Å². The second-order valence-electron chi connectivity index (χ2n) is 6.03. The number of halogens is 6. The molecule has 0 heterocycles. The number of carbonyl (C=O) groups excluding carboxylic acids is 1. The molecule has 1 aromatic carbocycles. The maximum absolute atomic E-state index is 12.8. The molecule has 4 nitrogen and oxygen atoms in total. The molecule has 0 radical (unpaired) electrons. The van der Waals surface area contributed by atoms with Crippen LogP contribution in [0.2, 0.25) is 0 Å². The fourth-order valence-corrected chi connectivity index (χ4v) is 2.78. The molecule has 1 unspecified atom stereocenters. The normalized spacial score (nSPS) is 13.0. The number of benzene rings is 1. The lowest BCUT2D eigenvalue weighted by atomic mass is 10.1. The zero-order valence-corrected chi connectivity index (χ0v) is 18.1. The van der Waals surface area contributed by atoms with Gasteiger partial charge in [0.25, 0.3) is 0 Å². The highest BCUT2D eigenvalue weighted by atomic mass is 35.6. The van der Waals surface area contributed by atoms with Crippen LogP contribution in [-0.2, 0) is 11.0 Å². The van der Waals surface area contributed by atoms with Crippen LogP contribution in [0.3, 0.4) is 0 Å². The molecule has 0 fully saturated rings. The van der Waals surface area contributed by atoms with E-state index in [9.17, 15) is 18.0 Å². The van der Waals surface area contributed by atoms with Crippen LogP contribution in [0.25, 0.3) is 0 Å². The van der Waals surface area contributed by atoms with E-state index in [-0.39, 0.29) is 23.1 Å². The van der Waals surface area contributed by atoms with Gasteiger partial charge in [0.2, 0.25) is 9.70 Å². The standard InChI is InChI=1S/C17H21Cl3F3N3OS/c1-2-3-4-5-9-13(27)25-14(16(18,19)20)26-15(28)24-12-8-6-7-11(10-12)17(21,22)23/h6-8,10,14H,2-5,9H2,1H3,(H,25,27)(H2,24,26,28). The van der Waals surface area contributed by atoms with Crippen molar-refractivity contribution in [2.24, 2.45) is 0 Å². The van der Waals surface area contributed by atoms with E-state index < -0.39 is 21.7 Å². The van der Waals surface area contributed by atoms with E-state index in [2.05, 4.69) is 22.9 Å². The fourth-order valence-electron chi connectivity index (χ4n) is 2.22. The van der Waals surface area contributed by atoms with Gasteiger partial charge >= 0.3 is 6.18 Å². The molecule has 0 aliphatic rings. The van der Waals surface area contributed by atoms with Gasteiger partial charge in [0, 0.05) is 12.1 Å². The molecule has 158 valence electrons. The Hall–Kier alpha value is -0.960. The van der Waals surface area contributed by atoms with E-state index >= 15 is 0 Å². The summed E-state index contributed by atoms with van der Waals surface area (Å²) in [6.45, 7) is 2.06. The average Bonchev–Trinajstić information content (AvgIpc) is 2.57. The van der Waals surface area contributed by atoms with Crippen LogP contribution in [0.15, 0.2) is 24.3 Å². The minimum atomic E-state index is -4.49. The van der Waals surface area contributed by atoms with Crippen LogP contribution in [0.4, 0.5) is 18.9 Å². The number of anilines is 1. The number of hydrogen-bond donors (Lipinski definition) is 3. The number of thiocarbonyl (C=S) groups is 1. The fraction of sp³-hybridized carbons (Fsp3) is 0.529. The topological polar surface area (TPSA) is 53.2 Å². The van der Waals surface area contributed by atoms with E-state index in [0.29, 0.717) is 6.42 Å². The smallest absolute Gasteiger partial charge is 0.339 e. The van der Waals surface area contributed by atoms with E-state index in [1.165, 1.54) is 12.1 Å². The molecule has 1 aromatic rings. The number of rotatable bonds is 8. The van der Waals surface area contributed by atoms with Crippen molar-refractivity contribution < 1.29 is 18.0 Å². The number of nitrogens with one attached hydrogen (secondary N) is 3. The van der Waals surface area contributed by atoms with Crippen molar-refractivity contribution in [2.75, 3.05) is 5.32 Å². The maximum atomic E-state index is 12.8. The molecular formula is C17H21Cl3F3N3OS.